The zero-order valence-electron chi connectivity index (χ0n) is 20.8. The minimum atomic E-state index is -1.15. The molecule has 0 aliphatic rings. The van der Waals surface area contributed by atoms with Crippen molar-refractivity contribution in [3.8, 4) is 5.75 Å². The number of carbonyl (C=O) groups excluding carboxylic acids is 3. The van der Waals surface area contributed by atoms with Gasteiger partial charge in [-0.25, -0.2) is 0 Å². The fourth-order valence-corrected chi connectivity index (χ4v) is 4.78. The number of phenolic OH excluding ortho intramolecular Hbond substituents is 1. The van der Waals surface area contributed by atoms with E-state index in [2.05, 4.69) is 9.69 Å². The standard InChI is InChI=1S/C28H27N5O4S/c1-16-8-9-17(2)21(14-16)33(28(37)25-22(29)23(26(30)35)32-38-25)24(19-10-12-20(34)13-11-19)27(36)31-15-18-6-4-3-5-7-18/h3-14,24,34H,15,29H2,1-2H3,(H2,30,35)(H,31,36)/t24-/m0/s1. The normalized spacial score (nSPS) is 11.5. The number of benzene rings is 3. The highest BCUT2D eigenvalue weighted by Gasteiger charge is 2.36. The van der Waals surface area contributed by atoms with Crippen LogP contribution in [0.25, 0.3) is 0 Å². The summed E-state index contributed by atoms with van der Waals surface area (Å²) in [6.45, 7) is 3.94. The van der Waals surface area contributed by atoms with Gasteiger partial charge in [-0.15, -0.1) is 0 Å². The molecule has 3 amide bonds. The topological polar surface area (TPSA) is 152 Å². The Labute approximate surface area is 223 Å². The van der Waals surface area contributed by atoms with Crippen LogP contribution in [-0.2, 0) is 11.3 Å². The first-order chi connectivity index (χ1) is 18.2. The highest BCUT2D eigenvalue weighted by molar-refractivity contribution is 7.09. The molecule has 6 N–H and O–H groups in total. The summed E-state index contributed by atoms with van der Waals surface area (Å²) in [5.41, 5.74) is 14.6. The van der Waals surface area contributed by atoms with E-state index in [9.17, 15) is 19.5 Å². The molecule has 0 radical (unpaired) electrons. The van der Waals surface area contributed by atoms with E-state index < -0.39 is 23.8 Å². The van der Waals surface area contributed by atoms with Crippen LogP contribution in [0.2, 0.25) is 0 Å². The predicted octanol–water partition coefficient (Wildman–Crippen LogP) is 3.85. The number of primary amides is 1. The number of anilines is 2. The third-order valence-corrected chi connectivity index (χ3v) is 6.87. The van der Waals surface area contributed by atoms with Crippen LogP contribution in [0.5, 0.6) is 5.75 Å². The number of nitrogens with one attached hydrogen (secondary N) is 1. The van der Waals surface area contributed by atoms with Gasteiger partial charge in [0, 0.05) is 12.2 Å². The van der Waals surface area contributed by atoms with Crippen LogP contribution in [-0.4, -0.2) is 27.2 Å². The van der Waals surface area contributed by atoms with Crippen LogP contribution in [0.15, 0.2) is 72.8 Å². The lowest BCUT2D eigenvalue weighted by Crippen LogP contribution is -2.44. The molecular weight excluding hydrogens is 502 g/mol. The van der Waals surface area contributed by atoms with Crippen LogP contribution in [0.4, 0.5) is 11.4 Å². The predicted molar refractivity (Wildman–Crippen MR) is 147 cm³/mol. The molecular formula is C28H27N5O4S. The summed E-state index contributed by atoms with van der Waals surface area (Å²) in [6, 6.07) is 19.9. The summed E-state index contributed by atoms with van der Waals surface area (Å²) >= 11 is 0.744. The van der Waals surface area contributed by atoms with E-state index >= 15 is 0 Å². The van der Waals surface area contributed by atoms with Crippen molar-refractivity contribution in [1.82, 2.24) is 9.69 Å². The van der Waals surface area contributed by atoms with E-state index in [1.807, 2.05) is 56.3 Å². The molecule has 0 saturated heterocycles. The SMILES string of the molecule is Cc1ccc(C)c(N(C(=O)c2snc(C(N)=O)c2N)[C@H](C(=O)NCc2ccccc2)c2ccc(O)cc2)c1. The summed E-state index contributed by atoms with van der Waals surface area (Å²) in [5.74, 6) is -1.91. The maximum atomic E-state index is 14.2. The monoisotopic (exact) mass is 529 g/mol. The zero-order chi connectivity index (χ0) is 27.4. The van der Waals surface area contributed by atoms with Crippen LogP contribution in [0.3, 0.4) is 0 Å². The van der Waals surface area contributed by atoms with Gasteiger partial charge in [0.1, 0.15) is 16.7 Å². The Morgan fingerprint density at radius 3 is 2.34 bits per heavy atom. The van der Waals surface area contributed by atoms with E-state index in [0.29, 0.717) is 11.3 Å². The molecule has 0 saturated carbocycles. The highest BCUT2D eigenvalue weighted by atomic mass is 32.1. The molecule has 0 aliphatic carbocycles. The van der Waals surface area contributed by atoms with Gasteiger partial charge >= 0.3 is 0 Å². The molecule has 0 bridgehead atoms. The second kappa shape index (κ2) is 11.1. The summed E-state index contributed by atoms with van der Waals surface area (Å²) in [7, 11) is 0. The van der Waals surface area contributed by atoms with Gasteiger partial charge in [0.2, 0.25) is 5.91 Å². The van der Waals surface area contributed by atoms with Crippen molar-refractivity contribution in [3.05, 3.63) is 106 Å². The van der Waals surface area contributed by atoms with Gasteiger partial charge in [-0.1, -0.05) is 54.6 Å². The van der Waals surface area contributed by atoms with Crippen molar-refractivity contribution in [2.75, 3.05) is 10.6 Å². The lowest BCUT2D eigenvalue weighted by molar-refractivity contribution is -0.122. The van der Waals surface area contributed by atoms with Crippen molar-refractivity contribution in [3.63, 3.8) is 0 Å². The summed E-state index contributed by atoms with van der Waals surface area (Å²) in [5, 5.41) is 12.8. The molecule has 9 nitrogen and oxygen atoms in total. The van der Waals surface area contributed by atoms with Gasteiger partial charge < -0.3 is 21.9 Å². The van der Waals surface area contributed by atoms with E-state index in [-0.39, 0.29) is 28.6 Å². The second-order valence-corrected chi connectivity index (χ2v) is 9.57. The molecule has 38 heavy (non-hydrogen) atoms. The highest BCUT2D eigenvalue weighted by Crippen LogP contribution is 2.35. The van der Waals surface area contributed by atoms with Crippen molar-refractivity contribution < 1.29 is 19.5 Å². The number of nitrogens with zero attached hydrogens (tertiary/aromatic N) is 2. The van der Waals surface area contributed by atoms with Crippen LogP contribution in [0.1, 0.15) is 48.5 Å². The first-order valence-electron chi connectivity index (χ1n) is 11.7. The Morgan fingerprint density at radius 2 is 1.71 bits per heavy atom. The van der Waals surface area contributed by atoms with Crippen molar-refractivity contribution in [1.29, 1.82) is 0 Å². The average molecular weight is 530 g/mol. The number of amides is 3. The third kappa shape index (κ3) is 5.50. The van der Waals surface area contributed by atoms with Gasteiger partial charge in [0.15, 0.2) is 5.69 Å². The van der Waals surface area contributed by atoms with Crippen molar-refractivity contribution in [2.45, 2.75) is 26.4 Å². The molecule has 1 aromatic heterocycles. The number of aryl methyl sites for hydroxylation is 2. The van der Waals surface area contributed by atoms with Gasteiger partial charge in [0.25, 0.3) is 11.8 Å². The molecule has 4 rings (SSSR count). The number of carbonyl (C=O) groups is 3. The molecule has 0 aliphatic heterocycles. The summed E-state index contributed by atoms with van der Waals surface area (Å²) < 4.78 is 3.98. The van der Waals surface area contributed by atoms with Gasteiger partial charge in [-0.2, -0.15) is 4.37 Å². The van der Waals surface area contributed by atoms with Gasteiger partial charge in [-0.05, 0) is 65.8 Å². The number of phenols is 1. The van der Waals surface area contributed by atoms with Gasteiger partial charge in [0.05, 0.1) is 5.69 Å². The Bertz CT molecular complexity index is 1490. The molecule has 0 fully saturated rings. The molecule has 1 atom stereocenters. The lowest BCUT2D eigenvalue weighted by atomic mass is 10.00. The van der Waals surface area contributed by atoms with Crippen LogP contribution >= 0.6 is 11.5 Å². The van der Waals surface area contributed by atoms with Crippen LogP contribution < -0.4 is 21.7 Å². The first-order valence-corrected chi connectivity index (χ1v) is 12.5. The zero-order valence-corrected chi connectivity index (χ0v) is 21.7. The maximum absolute atomic E-state index is 14.2. The fraction of sp³-hybridized carbons (Fsp3) is 0.143. The molecule has 3 aromatic carbocycles. The Hall–Kier alpha value is -4.70. The molecule has 4 aromatic rings. The minimum absolute atomic E-state index is 0.0135. The summed E-state index contributed by atoms with van der Waals surface area (Å²) in [6.07, 6.45) is 0. The Morgan fingerprint density at radius 1 is 1.03 bits per heavy atom. The number of rotatable bonds is 8. The third-order valence-electron chi connectivity index (χ3n) is 6.02. The fourth-order valence-electron chi connectivity index (χ4n) is 4.04. The molecule has 10 heteroatoms. The minimum Gasteiger partial charge on any atom is -0.508 e. The van der Waals surface area contributed by atoms with E-state index in [1.165, 1.54) is 17.0 Å². The maximum Gasteiger partial charge on any atom is 0.273 e. The number of nitrogen functional groups attached to an aromatic ring is 1. The van der Waals surface area contributed by atoms with Crippen LogP contribution in [0, 0.1) is 13.8 Å². The van der Waals surface area contributed by atoms with Gasteiger partial charge in [-0.3, -0.25) is 19.3 Å². The first kappa shape index (κ1) is 26.4. The quantitative estimate of drug-likeness (QED) is 0.272. The second-order valence-electron chi connectivity index (χ2n) is 8.80. The van der Waals surface area contributed by atoms with E-state index in [1.54, 1.807) is 18.2 Å². The smallest absolute Gasteiger partial charge is 0.273 e. The van der Waals surface area contributed by atoms with E-state index in [0.717, 1.165) is 28.2 Å². The number of aromatic hydroxyl groups is 1. The molecule has 1 heterocycles. The van der Waals surface area contributed by atoms with E-state index in [4.69, 9.17) is 11.5 Å². The summed E-state index contributed by atoms with van der Waals surface area (Å²) in [4.78, 5) is 41.1. The molecule has 194 valence electrons. The van der Waals surface area contributed by atoms with Crippen molar-refractivity contribution >= 4 is 40.6 Å². The number of aromatic nitrogens is 1. The number of nitrogens with two attached hydrogens (primary N) is 2. The largest absolute Gasteiger partial charge is 0.508 e. The molecule has 0 unspecified atom stereocenters. The molecule has 0 spiro atoms. The Kier molecular flexibility index (Phi) is 7.73. The number of hydrogen-bond donors (Lipinski definition) is 4. The number of hydrogen-bond acceptors (Lipinski definition) is 7. The Balaban J connectivity index is 1.87. The average Bonchev–Trinajstić information content (AvgIpc) is 3.30. The lowest BCUT2D eigenvalue weighted by Gasteiger charge is -2.32. The van der Waals surface area contributed by atoms with Crippen molar-refractivity contribution in [2.24, 2.45) is 5.73 Å².